The molecular weight excluding hydrogens is 260 g/mol. The van der Waals surface area contributed by atoms with E-state index in [4.69, 9.17) is 11.6 Å². The molecule has 1 aromatic rings. The molecule has 1 rings (SSSR count). The molecule has 2 N–H and O–H groups in total. The number of nitrogens with one attached hydrogen (secondary N) is 2. The van der Waals surface area contributed by atoms with Crippen molar-refractivity contribution < 1.29 is 19.5 Å². The van der Waals surface area contributed by atoms with E-state index in [0.717, 1.165) is 0 Å². The van der Waals surface area contributed by atoms with E-state index in [1.807, 2.05) is 0 Å². The van der Waals surface area contributed by atoms with Gasteiger partial charge in [0.2, 0.25) is 5.91 Å². The van der Waals surface area contributed by atoms with Crippen LogP contribution in [-0.4, -0.2) is 17.8 Å². The van der Waals surface area contributed by atoms with Gasteiger partial charge in [0.05, 0.1) is 0 Å². The van der Waals surface area contributed by atoms with Crippen LogP contribution < -0.4 is 16.0 Å². The number of carbonyl (C=O) groups excluding carboxylic acids is 3. The number of rotatable bonds is 4. The maximum absolute atomic E-state index is 11.5. The van der Waals surface area contributed by atoms with Crippen molar-refractivity contribution in [2.75, 3.05) is 0 Å². The first-order valence-corrected chi connectivity index (χ1v) is 5.41. The van der Waals surface area contributed by atoms with Gasteiger partial charge in [-0.1, -0.05) is 11.6 Å². The number of halogens is 1. The summed E-state index contributed by atoms with van der Waals surface area (Å²) in [6.07, 6.45) is -0.661. The molecule has 0 fully saturated rings. The molecule has 0 saturated heterocycles. The van der Waals surface area contributed by atoms with E-state index in [-0.39, 0.29) is 6.42 Å². The minimum absolute atomic E-state index is 0.261. The van der Waals surface area contributed by atoms with Gasteiger partial charge in [-0.15, -0.1) is 0 Å². The Morgan fingerprint density at radius 3 is 2.22 bits per heavy atom. The predicted octanol–water partition coefficient (Wildman–Crippen LogP) is -0.369. The molecule has 0 aliphatic rings. The maximum Gasteiger partial charge on any atom is 0.269 e. The van der Waals surface area contributed by atoms with Crippen LogP contribution in [0.1, 0.15) is 23.2 Å². The highest BCUT2D eigenvalue weighted by Crippen LogP contribution is 2.08. The number of hydrogen-bond donors (Lipinski definition) is 2. The molecule has 0 saturated carbocycles. The lowest BCUT2D eigenvalue weighted by molar-refractivity contribution is -0.305. The number of benzene rings is 1. The summed E-state index contributed by atoms with van der Waals surface area (Å²) in [7, 11) is 0. The van der Waals surface area contributed by atoms with Gasteiger partial charge in [0.15, 0.2) is 0 Å². The van der Waals surface area contributed by atoms with Crippen LogP contribution in [0.25, 0.3) is 0 Å². The second-order valence-corrected chi connectivity index (χ2v) is 3.82. The lowest BCUT2D eigenvalue weighted by Gasteiger charge is -2.07. The Morgan fingerprint density at radius 2 is 1.67 bits per heavy atom. The summed E-state index contributed by atoms with van der Waals surface area (Å²) in [6.45, 7) is 0. The summed E-state index contributed by atoms with van der Waals surface area (Å²) < 4.78 is 0. The number of carboxylic acids is 1. The fraction of sp³-hybridized carbons (Fsp3) is 0.182. The molecule has 2 amide bonds. The number of aliphatic carboxylic acids is 1. The fourth-order valence-electron chi connectivity index (χ4n) is 1.08. The zero-order valence-corrected chi connectivity index (χ0v) is 9.99. The zero-order valence-electron chi connectivity index (χ0n) is 9.23. The average molecular weight is 270 g/mol. The first-order valence-electron chi connectivity index (χ1n) is 5.03. The highest BCUT2D eigenvalue weighted by Gasteiger charge is 2.06. The van der Waals surface area contributed by atoms with E-state index in [1.165, 1.54) is 24.3 Å². The van der Waals surface area contributed by atoms with Crippen LogP contribution in [0.2, 0.25) is 5.02 Å². The van der Waals surface area contributed by atoms with E-state index in [0.29, 0.717) is 10.6 Å². The van der Waals surface area contributed by atoms with Gasteiger partial charge in [-0.2, -0.15) is 0 Å². The Hall–Kier alpha value is -2.08. The molecule has 0 atom stereocenters. The number of carbonyl (C=O) groups is 3. The first-order chi connectivity index (χ1) is 8.49. The van der Waals surface area contributed by atoms with E-state index >= 15 is 0 Å². The largest absolute Gasteiger partial charge is 0.550 e. The molecule has 96 valence electrons. The Bertz CT molecular complexity index is 459. The van der Waals surface area contributed by atoms with Crippen LogP contribution in [0.15, 0.2) is 24.3 Å². The average Bonchev–Trinajstić information content (AvgIpc) is 2.34. The highest BCUT2D eigenvalue weighted by molar-refractivity contribution is 6.30. The molecule has 1 aromatic carbocycles. The summed E-state index contributed by atoms with van der Waals surface area (Å²) in [6, 6.07) is 6.05. The van der Waals surface area contributed by atoms with Crippen LogP contribution in [0.3, 0.4) is 0 Å². The van der Waals surface area contributed by atoms with Crippen LogP contribution in [0.4, 0.5) is 0 Å². The molecule has 0 bridgehead atoms. The van der Waals surface area contributed by atoms with Crippen LogP contribution in [0, 0.1) is 0 Å². The minimum atomic E-state index is -1.32. The number of hydrazine groups is 1. The van der Waals surface area contributed by atoms with Gasteiger partial charge in [-0.3, -0.25) is 20.4 Å². The van der Waals surface area contributed by atoms with Gasteiger partial charge in [0, 0.05) is 23.0 Å². The summed E-state index contributed by atoms with van der Waals surface area (Å²) in [5.74, 6) is -2.45. The second kappa shape index (κ2) is 6.61. The second-order valence-electron chi connectivity index (χ2n) is 3.38. The molecule has 0 heterocycles. The van der Waals surface area contributed by atoms with E-state index in [9.17, 15) is 19.5 Å². The van der Waals surface area contributed by atoms with E-state index in [2.05, 4.69) is 10.9 Å². The normalized spacial score (nSPS) is 9.61. The quantitative estimate of drug-likeness (QED) is 0.729. The fourth-order valence-corrected chi connectivity index (χ4v) is 1.20. The zero-order chi connectivity index (χ0) is 13.5. The van der Waals surface area contributed by atoms with Crippen LogP contribution in [-0.2, 0) is 9.59 Å². The monoisotopic (exact) mass is 269 g/mol. The number of amides is 2. The molecule has 0 radical (unpaired) electrons. The molecule has 0 aliphatic carbocycles. The molecule has 0 spiro atoms. The van der Waals surface area contributed by atoms with Gasteiger partial charge < -0.3 is 9.90 Å². The van der Waals surface area contributed by atoms with Crippen molar-refractivity contribution in [3.8, 4) is 0 Å². The lowest BCUT2D eigenvalue weighted by atomic mass is 10.2. The number of hydrogen-bond acceptors (Lipinski definition) is 4. The van der Waals surface area contributed by atoms with Crippen molar-refractivity contribution in [3.05, 3.63) is 34.9 Å². The Balaban J connectivity index is 2.39. The summed E-state index contributed by atoms with van der Waals surface area (Å²) in [4.78, 5) is 32.7. The Kier molecular flexibility index (Phi) is 5.13. The predicted molar refractivity (Wildman–Crippen MR) is 61.3 cm³/mol. The van der Waals surface area contributed by atoms with Gasteiger partial charge in [-0.25, -0.2) is 0 Å². The highest BCUT2D eigenvalue weighted by atomic mass is 35.5. The Morgan fingerprint density at radius 1 is 1.06 bits per heavy atom. The molecule has 18 heavy (non-hydrogen) atoms. The van der Waals surface area contributed by atoms with Gasteiger partial charge in [0.1, 0.15) is 0 Å². The summed E-state index contributed by atoms with van der Waals surface area (Å²) in [5, 5.41) is 10.6. The van der Waals surface area contributed by atoms with Crippen molar-refractivity contribution in [2.45, 2.75) is 12.8 Å². The molecule has 0 aromatic heterocycles. The van der Waals surface area contributed by atoms with Crippen molar-refractivity contribution in [2.24, 2.45) is 0 Å². The SMILES string of the molecule is O=C([O-])CCC(=O)NNC(=O)c1ccc(Cl)cc1. The minimum Gasteiger partial charge on any atom is -0.550 e. The first kappa shape index (κ1) is 14.0. The van der Waals surface area contributed by atoms with E-state index < -0.39 is 24.2 Å². The molecule has 6 nitrogen and oxygen atoms in total. The summed E-state index contributed by atoms with van der Waals surface area (Å²) in [5.41, 5.74) is 4.55. The van der Waals surface area contributed by atoms with Gasteiger partial charge in [0.25, 0.3) is 5.91 Å². The van der Waals surface area contributed by atoms with Crippen molar-refractivity contribution >= 4 is 29.4 Å². The molecular formula is C11H10ClN2O4-. The maximum atomic E-state index is 11.5. The third-order valence-electron chi connectivity index (χ3n) is 1.98. The molecule has 0 aliphatic heterocycles. The lowest BCUT2D eigenvalue weighted by Crippen LogP contribution is -2.42. The third-order valence-corrected chi connectivity index (χ3v) is 2.23. The van der Waals surface area contributed by atoms with E-state index in [1.54, 1.807) is 0 Å². The van der Waals surface area contributed by atoms with Gasteiger partial charge in [-0.05, 0) is 30.7 Å². The van der Waals surface area contributed by atoms with Crippen molar-refractivity contribution in [1.82, 2.24) is 10.9 Å². The van der Waals surface area contributed by atoms with Crippen LogP contribution in [0.5, 0.6) is 0 Å². The van der Waals surface area contributed by atoms with Crippen molar-refractivity contribution in [1.29, 1.82) is 0 Å². The topological polar surface area (TPSA) is 98.3 Å². The standard InChI is InChI=1S/C11H11ClN2O4/c12-8-3-1-7(2-4-8)11(18)14-13-9(15)5-6-10(16)17/h1-4H,5-6H2,(H,13,15)(H,14,18)(H,16,17)/p-1. The van der Waals surface area contributed by atoms with Gasteiger partial charge >= 0.3 is 0 Å². The smallest absolute Gasteiger partial charge is 0.269 e. The third kappa shape index (κ3) is 4.84. The van der Waals surface area contributed by atoms with Crippen molar-refractivity contribution in [3.63, 3.8) is 0 Å². The molecule has 0 unspecified atom stereocenters. The summed E-state index contributed by atoms with van der Waals surface area (Å²) >= 11 is 5.65. The van der Waals surface area contributed by atoms with Crippen LogP contribution >= 0.6 is 11.6 Å². The molecule has 7 heteroatoms. The Labute approximate surface area is 108 Å². The number of carboxylic acid groups (broad SMARTS) is 1.